The van der Waals surface area contributed by atoms with Gasteiger partial charge in [-0.15, -0.1) is 5.10 Å². The van der Waals surface area contributed by atoms with Crippen molar-refractivity contribution < 1.29 is 14.4 Å². The number of amides is 2. The Kier molecular flexibility index (Phi) is 6.22. The number of nitrogens with zero attached hydrogens (tertiary/aromatic N) is 2. The Balaban J connectivity index is 1.80. The van der Waals surface area contributed by atoms with Crippen molar-refractivity contribution in [2.24, 2.45) is 5.10 Å². The number of carbonyl (C=O) groups is 3. The molecule has 0 saturated heterocycles. The molecule has 1 aliphatic rings. The van der Waals surface area contributed by atoms with E-state index in [9.17, 15) is 14.4 Å². The lowest BCUT2D eigenvalue weighted by Crippen LogP contribution is -2.35. The number of amidine groups is 1. The van der Waals surface area contributed by atoms with E-state index in [1.54, 1.807) is 12.1 Å². The molecule has 0 radical (unpaired) electrons. The molecule has 0 unspecified atom stereocenters. The number of hydrogen-bond acceptors (Lipinski definition) is 5. The Bertz CT molecular complexity index is 1050. The second-order valence-corrected chi connectivity index (χ2v) is 7.13. The van der Waals surface area contributed by atoms with E-state index in [4.69, 9.17) is 34.8 Å². The molecular formula is C19H13Cl3N4O3. The van der Waals surface area contributed by atoms with Gasteiger partial charge in [0.1, 0.15) is 6.54 Å². The number of nitrogens with one attached hydrogen (secondary N) is 2. The van der Waals surface area contributed by atoms with Gasteiger partial charge in [0.25, 0.3) is 5.91 Å². The predicted molar refractivity (Wildman–Crippen MR) is 114 cm³/mol. The van der Waals surface area contributed by atoms with E-state index in [-0.39, 0.29) is 28.0 Å². The third kappa shape index (κ3) is 4.76. The van der Waals surface area contributed by atoms with Gasteiger partial charge in [0.2, 0.25) is 11.7 Å². The Hall–Kier alpha value is -2.87. The first-order valence-electron chi connectivity index (χ1n) is 8.17. The van der Waals surface area contributed by atoms with Crippen molar-refractivity contribution >= 4 is 69.6 Å². The van der Waals surface area contributed by atoms with Crippen molar-refractivity contribution in [1.82, 2.24) is 5.32 Å². The standard InChI is InChI=1S/C19H13Cl3N4O3/c1-2-16(28)23-12-5-3-4-10(6-12)19(29)24-18-15(27)9-26(25-18)17-13(21)7-11(20)8-14(17)22/h2-8H,1,9H2,(H,23,28)(H,24,25,29). The van der Waals surface area contributed by atoms with E-state index in [1.165, 1.54) is 29.3 Å². The molecule has 0 aliphatic carbocycles. The number of ketones is 1. The van der Waals surface area contributed by atoms with E-state index in [2.05, 4.69) is 22.3 Å². The molecule has 0 aromatic heterocycles. The lowest BCUT2D eigenvalue weighted by Gasteiger charge is -2.16. The zero-order valence-corrected chi connectivity index (χ0v) is 17.0. The second kappa shape index (κ2) is 8.65. The first kappa shape index (κ1) is 20.9. The van der Waals surface area contributed by atoms with Crippen LogP contribution in [0, 0.1) is 0 Å². The molecule has 1 aliphatic heterocycles. The maximum atomic E-state index is 12.5. The highest BCUT2D eigenvalue weighted by atomic mass is 35.5. The molecule has 0 bridgehead atoms. The summed E-state index contributed by atoms with van der Waals surface area (Å²) in [5.41, 5.74) is 0.941. The number of Topliss-reactive ketones (excluding diaryl/α,β-unsaturated/α-hetero) is 1. The van der Waals surface area contributed by atoms with E-state index >= 15 is 0 Å². The minimum Gasteiger partial charge on any atom is -0.323 e. The Morgan fingerprint density at radius 3 is 2.45 bits per heavy atom. The monoisotopic (exact) mass is 450 g/mol. The summed E-state index contributed by atoms with van der Waals surface area (Å²) in [7, 11) is 0. The molecule has 0 saturated carbocycles. The van der Waals surface area contributed by atoms with Gasteiger partial charge in [-0.05, 0) is 36.4 Å². The van der Waals surface area contributed by atoms with Gasteiger partial charge < -0.3 is 10.6 Å². The van der Waals surface area contributed by atoms with Crippen LogP contribution in [0.15, 0.2) is 54.2 Å². The summed E-state index contributed by atoms with van der Waals surface area (Å²) in [6.45, 7) is 3.22. The van der Waals surface area contributed by atoms with Crippen molar-refractivity contribution in [3.63, 3.8) is 0 Å². The lowest BCUT2D eigenvalue weighted by atomic mass is 10.2. The maximum absolute atomic E-state index is 12.5. The quantitative estimate of drug-likeness (QED) is 0.690. The Labute approximate surface area is 180 Å². The van der Waals surface area contributed by atoms with Crippen LogP contribution in [0.25, 0.3) is 0 Å². The summed E-state index contributed by atoms with van der Waals surface area (Å²) in [6, 6.07) is 9.15. The fraction of sp³-hybridized carbons (Fsp3) is 0.0526. The summed E-state index contributed by atoms with van der Waals surface area (Å²) in [6.07, 6.45) is 1.11. The first-order valence-corrected chi connectivity index (χ1v) is 9.30. The summed E-state index contributed by atoms with van der Waals surface area (Å²) in [5, 5.41) is 11.2. The van der Waals surface area contributed by atoms with Crippen LogP contribution in [0.2, 0.25) is 15.1 Å². The van der Waals surface area contributed by atoms with Crippen molar-refractivity contribution in [3.05, 3.63) is 69.7 Å². The number of anilines is 2. The number of carbonyl (C=O) groups excluding carboxylic acids is 3. The third-order valence-electron chi connectivity index (χ3n) is 3.83. The van der Waals surface area contributed by atoms with Gasteiger partial charge in [0, 0.05) is 16.3 Å². The normalized spacial score (nSPS) is 13.1. The number of hydrazone groups is 1. The van der Waals surface area contributed by atoms with Crippen LogP contribution in [0.3, 0.4) is 0 Å². The van der Waals surface area contributed by atoms with Crippen molar-refractivity contribution in [3.8, 4) is 0 Å². The van der Waals surface area contributed by atoms with Crippen LogP contribution in [-0.2, 0) is 9.59 Å². The maximum Gasteiger partial charge on any atom is 0.257 e. The fourth-order valence-corrected chi connectivity index (χ4v) is 3.55. The van der Waals surface area contributed by atoms with E-state index in [0.29, 0.717) is 16.4 Å². The molecule has 0 fully saturated rings. The van der Waals surface area contributed by atoms with Gasteiger partial charge in [0.05, 0.1) is 15.7 Å². The molecular weight excluding hydrogens is 439 g/mol. The zero-order chi connectivity index (χ0) is 21.1. The third-order valence-corrected chi connectivity index (χ3v) is 4.62. The van der Waals surface area contributed by atoms with Gasteiger partial charge in [-0.3, -0.25) is 19.4 Å². The number of hydrogen-bond donors (Lipinski definition) is 2. The van der Waals surface area contributed by atoms with Gasteiger partial charge >= 0.3 is 0 Å². The molecule has 2 N–H and O–H groups in total. The Morgan fingerprint density at radius 1 is 1.10 bits per heavy atom. The van der Waals surface area contributed by atoms with E-state index in [0.717, 1.165) is 6.08 Å². The fourth-order valence-electron chi connectivity index (χ4n) is 2.54. The highest BCUT2D eigenvalue weighted by Gasteiger charge is 2.29. The molecule has 2 aromatic rings. The highest BCUT2D eigenvalue weighted by molar-refractivity contribution is 6.46. The molecule has 148 valence electrons. The van der Waals surface area contributed by atoms with Crippen molar-refractivity contribution in [2.75, 3.05) is 16.9 Å². The van der Waals surface area contributed by atoms with E-state index < -0.39 is 17.6 Å². The molecule has 2 amide bonds. The van der Waals surface area contributed by atoms with E-state index in [1.807, 2.05) is 0 Å². The summed E-state index contributed by atoms with van der Waals surface area (Å²) in [5.74, 6) is -1.55. The number of benzene rings is 2. The molecule has 0 spiro atoms. The van der Waals surface area contributed by atoms with Crippen LogP contribution in [0.5, 0.6) is 0 Å². The molecule has 10 heteroatoms. The summed E-state index contributed by atoms with van der Waals surface area (Å²) >= 11 is 18.2. The van der Waals surface area contributed by atoms with Gasteiger partial charge in [-0.2, -0.15) is 0 Å². The predicted octanol–water partition coefficient (Wildman–Crippen LogP) is 3.90. The van der Waals surface area contributed by atoms with Crippen LogP contribution < -0.4 is 15.6 Å². The van der Waals surface area contributed by atoms with Gasteiger partial charge in [-0.25, -0.2) is 0 Å². The van der Waals surface area contributed by atoms with Crippen molar-refractivity contribution in [2.45, 2.75) is 0 Å². The number of rotatable bonds is 4. The summed E-state index contributed by atoms with van der Waals surface area (Å²) < 4.78 is 0. The van der Waals surface area contributed by atoms with Crippen molar-refractivity contribution in [1.29, 1.82) is 0 Å². The molecule has 1 heterocycles. The molecule has 0 atom stereocenters. The molecule has 7 nitrogen and oxygen atoms in total. The van der Waals surface area contributed by atoms with Gasteiger partial charge in [0.15, 0.2) is 5.84 Å². The second-order valence-electron chi connectivity index (χ2n) is 5.88. The lowest BCUT2D eigenvalue weighted by molar-refractivity contribution is -0.112. The SMILES string of the molecule is C=CC(=O)Nc1cccc(C(=O)NC2=NN(c3c(Cl)cc(Cl)cc3Cl)CC2=O)c1. The highest BCUT2D eigenvalue weighted by Crippen LogP contribution is 2.37. The minimum atomic E-state index is -0.568. The molecule has 29 heavy (non-hydrogen) atoms. The molecule has 3 rings (SSSR count). The largest absolute Gasteiger partial charge is 0.323 e. The smallest absolute Gasteiger partial charge is 0.257 e. The summed E-state index contributed by atoms with van der Waals surface area (Å²) in [4.78, 5) is 36.2. The zero-order valence-electron chi connectivity index (χ0n) is 14.7. The van der Waals surface area contributed by atoms with Gasteiger partial charge in [-0.1, -0.05) is 47.4 Å². The van der Waals surface area contributed by atoms with Crippen LogP contribution >= 0.6 is 34.8 Å². The van der Waals surface area contributed by atoms with Crippen LogP contribution in [0.1, 0.15) is 10.4 Å². The minimum absolute atomic E-state index is 0.147. The topological polar surface area (TPSA) is 90.9 Å². The average Bonchev–Trinajstić information content (AvgIpc) is 3.00. The Morgan fingerprint density at radius 2 is 1.79 bits per heavy atom. The average molecular weight is 452 g/mol. The molecule has 2 aromatic carbocycles. The van der Waals surface area contributed by atoms with Crippen LogP contribution in [-0.4, -0.2) is 30.0 Å². The number of halogens is 3. The first-order chi connectivity index (χ1) is 13.8. The van der Waals surface area contributed by atoms with Crippen LogP contribution in [0.4, 0.5) is 11.4 Å².